The standard InChI is InChI=1S/C11H9N/c1-2-6-10(7-3-1)11-8-4-5-9-12-11/h1-9H/p+1. The van der Waals surface area contributed by atoms with Crippen LogP contribution in [0.1, 0.15) is 0 Å². The molecule has 12 heavy (non-hydrogen) atoms. The van der Waals surface area contributed by atoms with E-state index in [1.165, 1.54) is 5.56 Å². The first kappa shape index (κ1) is 7.04. The lowest BCUT2D eigenvalue weighted by molar-refractivity contribution is -0.364. The molecule has 0 radical (unpaired) electrons. The van der Waals surface area contributed by atoms with Crippen LogP contribution in [0.4, 0.5) is 0 Å². The molecule has 1 heteroatoms. The third-order valence-electron chi connectivity index (χ3n) is 1.79. The van der Waals surface area contributed by atoms with E-state index in [1.807, 2.05) is 36.5 Å². The molecule has 1 aromatic carbocycles. The van der Waals surface area contributed by atoms with Crippen LogP contribution in [0, 0.1) is 0 Å². The zero-order chi connectivity index (χ0) is 8.23. The van der Waals surface area contributed by atoms with Gasteiger partial charge in [0.25, 0.3) is 0 Å². The summed E-state index contributed by atoms with van der Waals surface area (Å²) in [5.74, 6) is 0. The SMILES string of the molecule is c1ccc(-c2cccc[nH+]2)cc1. The maximum Gasteiger partial charge on any atom is 0.210 e. The van der Waals surface area contributed by atoms with Gasteiger partial charge < -0.3 is 0 Å². The Kier molecular flexibility index (Phi) is 1.87. The summed E-state index contributed by atoms with van der Waals surface area (Å²) in [7, 11) is 0. The fourth-order valence-electron chi connectivity index (χ4n) is 1.19. The van der Waals surface area contributed by atoms with Crippen molar-refractivity contribution in [1.82, 2.24) is 0 Å². The summed E-state index contributed by atoms with van der Waals surface area (Å²) in [4.78, 5) is 3.18. The van der Waals surface area contributed by atoms with Crippen molar-refractivity contribution >= 4 is 0 Å². The molecule has 0 spiro atoms. The van der Waals surface area contributed by atoms with Gasteiger partial charge in [0.1, 0.15) is 0 Å². The van der Waals surface area contributed by atoms with Crippen LogP contribution in [0.5, 0.6) is 0 Å². The van der Waals surface area contributed by atoms with Gasteiger partial charge in [-0.15, -0.1) is 0 Å². The Labute approximate surface area is 71.7 Å². The summed E-state index contributed by atoms with van der Waals surface area (Å²) in [6.45, 7) is 0. The van der Waals surface area contributed by atoms with Gasteiger partial charge in [-0.25, -0.2) is 4.98 Å². The molecule has 0 fully saturated rings. The third-order valence-corrected chi connectivity index (χ3v) is 1.79. The number of aromatic nitrogens is 1. The molecule has 0 aliphatic carbocycles. The van der Waals surface area contributed by atoms with Crippen molar-refractivity contribution in [1.29, 1.82) is 0 Å². The largest absolute Gasteiger partial charge is 0.211 e. The molecule has 0 bridgehead atoms. The molecule has 1 nitrogen and oxygen atoms in total. The number of hydrogen-bond donors (Lipinski definition) is 0. The predicted octanol–water partition coefficient (Wildman–Crippen LogP) is 2.17. The third kappa shape index (κ3) is 1.35. The van der Waals surface area contributed by atoms with Gasteiger partial charge in [0.2, 0.25) is 5.69 Å². The Morgan fingerprint density at radius 1 is 0.750 bits per heavy atom. The molecule has 2 rings (SSSR count). The van der Waals surface area contributed by atoms with Gasteiger partial charge in [0, 0.05) is 17.7 Å². The lowest BCUT2D eigenvalue weighted by Gasteiger charge is -1.91. The van der Waals surface area contributed by atoms with E-state index in [0.29, 0.717) is 0 Å². The van der Waals surface area contributed by atoms with E-state index >= 15 is 0 Å². The van der Waals surface area contributed by atoms with E-state index in [0.717, 1.165) is 5.69 Å². The second-order valence-electron chi connectivity index (χ2n) is 2.64. The van der Waals surface area contributed by atoms with Crippen LogP contribution in [0.2, 0.25) is 0 Å². The lowest BCUT2D eigenvalue weighted by Crippen LogP contribution is -2.03. The van der Waals surface area contributed by atoms with Crippen LogP contribution in [0.15, 0.2) is 54.7 Å². The molecule has 1 aromatic heterocycles. The van der Waals surface area contributed by atoms with E-state index in [9.17, 15) is 0 Å². The molecular formula is C11H10N+. The van der Waals surface area contributed by atoms with Crippen LogP contribution in [0.25, 0.3) is 11.3 Å². The zero-order valence-corrected chi connectivity index (χ0v) is 6.70. The molecule has 0 unspecified atom stereocenters. The number of pyridine rings is 1. The minimum absolute atomic E-state index is 1.15. The molecule has 0 amide bonds. The topological polar surface area (TPSA) is 14.1 Å². The molecule has 0 saturated heterocycles. The first-order chi connectivity index (χ1) is 5.97. The second-order valence-corrected chi connectivity index (χ2v) is 2.64. The van der Waals surface area contributed by atoms with E-state index in [2.05, 4.69) is 23.2 Å². The van der Waals surface area contributed by atoms with Crippen LogP contribution in [-0.4, -0.2) is 0 Å². The Morgan fingerprint density at radius 2 is 1.50 bits per heavy atom. The van der Waals surface area contributed by atoms with Gasteiger partial charge >= 0.3 is 0 Å². The first-order valence-electron chi connectivity index (χ1n) is 3.99. The quantitative estimate of drug-likeness (QED) is 0.600. The average molecular weight is 156 g/mol. The summed E-state index contributed by atoms with van der Waals surface area (Å²) in [5.41, 5.74) is 2.37. The smallest absolute Gasteiger partial charge is 0.210 e. The Bertz CT molecular complexity index is 302. The molecule has 1 heterocycles. The number of hydrogen-bond acceptors (Lipinski definition) is 0. The normalized spacial score (nSPS) is 9.67. The number of benzene rings is 1. The molecule has 0 aliphatic heterocycles. The highest BCUT2D eigenvalue weighted by Gasteiger charge is 1.99. The van der Waals surface area contributed by atoms with Crippen molar-refractivity contribution in [2.45, 2.75) is 0 Å². The van der Waals surface area contributed by atoms with Crippen LogP contribution < -0.4 is 4.98 Å². The Hall–Kier alpha value is -1.63. The number of nitrogens with one attached hydrogen (secondary N) is 1. The summed E-state index contributed by atoms with van der Waals surface area (Å²) in [6, 6.07) is 16.3. The highest BCUT2D eigenvalue weighted by atomic mass is 14.7. The zero-order valence-electron chi connectivity index (χ0n) is 6.70. The number of rotatable bonds is 1. The van der Waals surface area contributed by atoms with E-state index in [-0.39, 0.29) is 0 Å². The fourth-order valence-corrected chi connectivity index (χ4v) is 1.19. The van der Waals surface area contributed by atoms with Crippen molar-refractivity contribution < 1.29 is 4.98 Å². The van der Waals surface area contributed by atoms with E-state index in [1.54, 1.807) is 0 Å². The van der Waals surface area contributed by atoms with Gasteiger partial charge in [-0.2, -0.15) is 0 Å². The van der Waals surface area contributed by atoms with Crippen LogP contribution in [-0.2, 0) is 0 Å². The molecule has 0 saturated carbocycles. The average Bonchev–Trinajstić information content (AvgIpc) is 2.21. The van der Waals surface area contributed by atoms with E-state index in [4.69, 9.17) is 0 Å². The fraction of sp³-hybridized carbons (Fsp3) is 0. The van der Waals surface area contributed by atoms with Crippen molar-refractivity contribution in [3.8, 4) is 11.3 Å². The van der Waals surface area contributed by atoms with Crippen molar-refractivity contribution in [2.75, 3.05) is 0 Å². The monoisotopic (exact) mass is 156 g/mol. The highest BCUT2D eigenvalue weighted by Crippen LogP contribution is 2.11. The summed E-state index contributed by atoms with van der Waals surface area (Å²) >= 11 is 0. The minimum atomic E-state index is 1.15. The molecular weight excluding hydrogens is 146 g/mol. The maximum atomic E-state index is 3.18. The molecule has 58 valence electrons. The molecule has 0 aliphatic rings. The predicted molar refractivity (Wildman–Crippen MR) is 48.4 cm³/mol. The van der Waals surface area contributed by atoms with Crippen molar-refractivity contribution in [3.63, 3.8) is 0 Å². The highest BCUT2D eigenvalue weighted by molar-refractivity contribution is 5.54. The first-order valence-corrected chi connectivity index (χ1v) is 3.99. The summed E-state index contributed by atoms with van der Waals surface area (Å²) < 4.78 is 0. The van der Waals surface area contributed by atoms with Crippen LogP contribution >= 0.6 is 0 Å². The van der Waals surface area contributed by atoms with Crippen molar-refractivity contribution in [2.24, 2.45) is 0 Å². The van der Waals surface area contributed by atoms with Crippen molar-refractivity contribution in [3.05, 3.63) is 54.7 Å². The number of aromatic amines is 1. The molecule has 1 N–H and O–H groups in total. The molecule has 0 atom stereocenters. The Morgan fingerprint density at radius 3 is 2.17 bits per heavy atom. The summed E-state index contributed by atoms with van der Waals surface area (Å²) in [6.07, 6.45) is 1.93. The lowest BCUT2D eigenvalue weighted by atomic mass is 10.1. The second kappa shape index (κ2) is 3.18. The van der Waals surface area contributed by atoms with E-state index < -0.39 is 0 Å². The minimum Gasteiger partial charge on any atom is -0.211 e. The van der Waals surface area contributed by atoms with Crippen LogP contribution in [0.3, 0.4) is 0 Å². The van der Waals surface area contributed by atoms with Gasteiger partial charge in [-0.05, 0) is 18.2 Å². The van der Waals surface area contributed by atoms with Gasteiger partial charge in [-0.1, -0.05) is 18.2 Å². The van der Waals surface area contributed by atoms with Gasteiger partial charge in [0.05, 0.1) is 0 Å². The van der Waals surface area contributed by atoms with Gasteiger partial charge in [-0.3, -0.25) is 0 Å². The summed E-state index contributed by atoms with van der Waals surface area (Å²) in [5, 5.41) is 0. The number of H-pyrrole nitrogens is 1. The molecule has 2 aromatic rings. The Balaban J connectivity index is 2.46. The maximum absolute atomic E-state index is 3.18. The van der Waals surface area contributed by atoms with Gasteiger partial charge in [0.15, 0.2) is 6.20 Å².